The molecule has 0 unspecified atom stereocenters. The van der Waals surface area contributed by atoms with Gasteiger partial charge in [-0.25, -0.2) is 22.3 Å². The minimum atomic E-state index is -3.97. The van der Waals surface area contributed by atoms with E-state index in [1.807, 2.05) is 0 Å². The van der Waals surface area contributed by atoms with E-state index in [4.69, 9.17) is 0 Å². The van der Waals surface area contributed by atoms with Crippen molar-refractivity contribution < 1.29 is 37.5 Å². The number of hydrogen-bond donors (Lipinski definition) is 1. The van der Waals surface area contributed by atoms with Gasteiger partial charge in [-0.3, -0.25) is 0 Å². The third-order valence-corrected chi connectivity index (χ3v) is 1.07. The van der Waals surface area contributed by atoms with E-state index >= 15 is 0 Å². The Hall–Kier alpha value is 0.367. The van der Waals surface area contributed by atoms with E-state index < -0.39 is 22.2 Å². The van der Waals surface area contributed by atoms with Crippen molar-refractivity contribution >= 4 is 10.0 Å². The average molecular weight is 153 g/mol. The Morgan fingerprint density at radius 2 is 1.89 bits per heavy atom. The van der Waals surface area contributed by atoms with Crippen molar-refractivity contribution in [2.24, 2.45) is 5.14 Å². The molecule has 0 bridgehead atoms. The Balaban J connectivity index is -0.000000245. The van der Waals surface area contributed by atoms with E-state index in [1.165, 1.54) is 0 Å². The topological polar surface area (TPSA) is 60.2 Å². The van der Waals surface area contributed by atoms with Crippen LogP contribution in [0.15, 0.2) is 0 Å². The van der Waals surface area contributed by atoms with E-state index in [1.54, 1.807) is 0 Å². The van der Waals surface area contributed by atoms with Gasteiger partial charge in [0.15, 0.2) is 0 Å². The third-order valence-electron chi connectivity index (χ3n) is 0.358. The van der Waals surface area contributed by atoms with Gasteiger partial charge in [-0.05, 0) is 0 Å². The molecule has 52 valence electrons. The number of rotatable bonds is 2. The summed E-state index contributed by atoms with van der Waals surface area (Å²) in [7, 11) is -3.97. The minimum absolute atomic E-state index is 0. The molecule has 0 aromatic carbocycles. The van der Waals surface area contributed by atoms with Crippen LogP contribution in [-0.2, 0) is 10.0 Å². The maximum Gasteiger partial charge on any atom is 1.00 e. The quantitative estimate of drug-likeness (QED) is 0.421. The molecular weight excluding hydrogens is 147 g/mol. The minimum Gasteiger partial charge on any atom is -1.00 e. The average Bonchev–Trinajstić information content (AvgIpc) is 1.21. The number of hydrogen-bond acceptors (Lipinski definition) is 2. The SMILES string of the molecule is NS(=O)(=O)CC(F)F.[H-].[Li+]. The molecule has 0 amide bonds. The fourth-order valence-electron chi connectivity index (χ4n) is 0.176. The zero-order valence-electron chi connectivity index (χ0n) is 5.84. The molecule has 0 fully saturated rings. The summed E-state index contributed by atoms with van der Waals surface area (Å²) in [5, 5.41) is 4.23. The summed E-state index contributed by atoms with van der Waals surface area (Å²) in [5.41, 5.74) is 0. The van der Waals surface area contributed by atoms with Crippen molar-refractivity contribution in [3.05, 3.63) is 0 Å². The molecule has 0 saturated carbocycles. The van der Waals surface area contributed by atoms with Gasteiger partial charge in [0.1, 0.15) is 5.75 Å². The summed E-state index contributed by atoms with van der Waals surface area (Å²) in [6.07, 6.45) is -2.87. The van der Waals surface area contributed by atoms with E-state index in [0.717, 1.165) is 0 Å². The van der Waals surface area contributed by atoms with Crippen LogP contribution < -0.4 is 24.0 Å². The molecule has 7 heteroatoms. The first-order valence-corrected chi connectivity index (χ1v) is 3.42. The van der Waals surface area contributed by atoms with Crippen LogP contribution in [0.3, 0.4) is 0 Å². The maximum absolute atomic E-state index is 11.1. The van der Waals surface area contributed by atoms with Gasteiger partial charge in [-0.15, -0.1) is 0 Å². The molecule has 0 aromatic rings. The Labute approximate surface area is 65.3 Å². The van der Waals surface area contributed by atoms with Gasteiger partial charge in [0.25, 0.3) is 6.43 Å². The first-order chi connectivity index (χ1) is 3.42. The van der Waals surface area contributed by atoms with Crippen molar-refractivity contribution in [2.45, 2.75) is 6.43 Å². The second-order valence-corrected chi connectivity index (χ2v) is 2.88. The Kier molecular flexibility index (Phi) is 5.67. The number of nitrogens with two attached hydrogens (primary N) is 1. The van der Waals surface area contributed by atoms with Crippen LogP contribution in [0, 0.1) is 0 Å². The number of halogens is 2. The predicted molar refractivity (Wildman–Crippen MR) is 25.1 cm³/mol. The number of alkyl halides is 2. The van der Waals surface area contributed by atoms with Crippen LogP contribution >= 0.6 is 0 Å². The summed E-state index contributed by atoms with van der Waals surface area (Å²) in [6.45, 7) is 0. The van der Waals surface area contributed by atoms with Crippen LogP contribution in [0.1, 0.15) is 1.43 Å². The first-order valence-electron chi connectivity index (χ1n) is 1.70. The molecule has 3 nitrogen and oxygen atoms in total. The van der Waals surface area contributed by atoms with Gasteiger partial charge in [0, 0.05) is 0 Å². The molecule has 0 radical (unpaired) electrons. The van der Waals surface area contributed by atoms with Crippen LogP contribution in [0.5, 0.6) is 0 Å². The van der Waals surface area contributed by atoms with Gasteiger partial charge >= 0.3 is 18.9 Å². The zero-order chi connectivity index (χ0) is 6.78. The predicted octanol–water partition coefficient (Wildman–Crippen LogP) is -3.34. The largest absolute Gasteiger partial charge is 1.00 e. The molecule has 0 saturated heterocycles. The summed E-state index contributed by atoms with van der Waals surface area (Å²) in [6, 6.07) is 0. The van der Waals surface area contributed by atoms with Gasteiger partial charge in [0.05, 0.1) is 0 Å². The molecule has 0 spiro atoms. The van der Waals surface area contributed by atoms with Crippen molar-refractivity contribution in [3.63, 3.8) is 0 Å². The van der Waals surface area contributed by atoms with Crippen molar-refractivity contribution in [1.82, 2.24) is 0 Å². The zero-order valence-corrected chi connectivity index (χ0v) is 5.66. The number of primary sulfonamides is 1. The van der Waals surface area contributed by atoms with Gasteiger partial charge < -0.3 is 1.43 Å². The molecular formula is C2H6F2LiNO2S. The normalized spacial score (nSPS) is 11.1. The summed E-state index contributed by atoms with van der Waals surface area (Å²) >= 11 is 0. The molecule has 0 rings (SSSR count). The van der Waals surface area contributed by atoms with E-state index in [9.17, 15) is 17.2 Å². The van der Waals surface area contributed by atoms with Gasteiger partial charge in [-0.1, -0.05) is 0 Å². The molecule has 9 heavy (non-hydrogen) atoms. The van der Waals surface area contributed by atoms with Gasteiger partial charge in [0.2, 0.25) is 10.0 Å². The van der Waals surface area contributed by atoms with Crippen LogP contribution in [0.4, 0.5) is 8.78 Å². The fourth-order valence-corrected chi connectivity index (χ4v) is 0.527. The molecule has 0 aliphatic rings. The second kappa shape index (κ2) is 4.23. The van der Waals surface area contributed by atoms with Gasteiger partial charge in [-0.2, -0.15) is 0 Å². The molecule has 0 aliphatic heterocycles. The van der Waals surface area contributed by atoms with Crippen LogP contribution in [-0.4, -0.2) is 20.6 Å². The fraction of sp³-hybridized carbons (Fsp3) is 1.00. The Bertz CT molecular complexity index is 161. The Morgan fingerprint density at radius 1 is 1.56 bits per heavy atom. The van der Waals surface area contributed by atoms with E-state index in [2.05, 4.69) is 5.14 Å². The monoisotopic (exact) mass is 153 g/mol. The Morgan fingerprint density at radius 3 is 1.89 bits per heavy atom. The third kappa shape index (κ3) is 11.8. The first kappa shape index (κ1) is 12.1. The molecule has 0 aromatic heterocycles. The number of sulfonamides is 1. The summed E-state index contributed by atoms with van der Waals surface area (Å²) in [4.78, 5) is 0. The molecule has 0 heterocycles. The molecule has 0 aliphatic carbocycles. The van der Waals surface area contributed by atoms with Crippen LogP contribution in [0.2, 0.25) is 0 Å². The van der Waals surface area contributed by atoms with E-state index in [0.29, 0.717) is 0 Å². The summed E-state index contributed by atoms with van der Waals surface area (Å²) in [5.74, 6) is -1.26. The standard InChI is InChI=1S/C2H5F2NO2S.Li.H/c3-2(4)1-8(5,6)7;;/h2H,1H2,(H2,5,6,7);;/q;+1;-1. The molecule has 2 N–H and O–H groups in total. The smallest absolute Gasteiger partial charge is 1.00 e. The summed E-state index contributed by atoms with van der Waals surface area (Å²) < 4.78 is 41.6. The van der Waals surface area contributed by atoms with E-state index in [-0.39, 0.29) is 20.3 Å². The molecule has 0 atom stereocenters. The van der Waals surface area contributed by atoms with Crippen LogP contribution in [0.25, 0.3) is 0 Å². The maximum atomic E-state index is 11.1. The van der Waals surface area contributed by atoms with Crippen molar-refractivity contribution in [1.29, 1.82) is 0 Å². The van der Waals surface area contributed by atoms with Crippen molar-refractivity contribution in [3.8, 4) is 0 Å². The second-order valence-electron chi connectivity index (χ2n) is 1.22. The van der Waals surface area contributed by atoms with Crippen molar-refractivity contribution in [2.75, 3.05) is 5.75 Å².